The number of hydrogen-bond donors (Lipinski definition) is 0. The van der Waals surface area contributed by atoms with E-state index in [1.807, 2.05) is 11.1 Å². The number of rotatable bonds is 2. The van der Waals surface area contributed by atoms with Crippen LogP contribution in [-0.2, 0) is 4.79 Å². The zero-order valence-corrected chi connectivity index (χ0v) is 10.9. The Morgan fingerprint density at radius 3 is 2.94 bits per heavy atom. The lowest BCUT2D eigenvalue weighted by Crippen LogP contribution is -2.27. The Kier molecular flexibility index (Phi) is 3.28. The Morgan fingerprint density at radius 1 is 1.62 bits per heavy atom. The molecule has 0 aromatic carbocycles. The van der Waals surface area contributed by atoms with E-state index in [1.54, 1.807) is 18.3 Å². The highest BCUT2D eigenvalue weighted by Gasteiger charge is 2.30. The molecule has 3 nitrogen and oxygen atoms in total. The number of aromatic nitrogens is 1. The van der Waals surface area contributed by atoms with Crippen molar-refractivity contribution >= 4 is 17.2 Å². The minimum atomic E-state index is 0.170. The fourth-order valence-corrected chi connectivity index (χ4v) is 3.19. The molecule has 1 unspecified atom stereocenters. The number of likely N-dealkylation sites (tertiary alicyclic amines) is 1. The van der Waals surface area contributed by atoms with E-state index in [0.29, 0.717) is 5.92 Å². The van der Waals surface area contributed by atoms with Crippen molar-refractivity contribution in [1.29, 1.82) is 0 Å². The number of thiazole rings is 1. The van der Waals surface area contributed by atoms with E-state index in [-0.39, 0.29) is 11.9 Å². The molecule has 4 heteroatoms. The van der Waals surface area contributed by atoms with Gasteiger partial charge in [-0.25, -0.2) is 4.98 Å². The lowest BCUT2D eigenvalue weighted by Gasteiger charge is -2.21. The SMILES string of the molecule is CC(=O)N1CCCC1c1ncc(C(C)C)s1. The van der Waals surface area contributed by atoms with Gasteiger partial charge in [0.05, 0.1) is 6.04 Å². The molecule has 1 aliphatic heterocycles. The van der Waals surface area contributed by atoms with Crippen LogP contribution in [-0.4, -0.2) is 22.3 Å². The summed E-state index contributed by atoms with van der Waals surface area (Å²) in [5.74, 6) is 0.697. The van der Waals surface area contributed by atoms with Crippen molar-refractivity contribution in [3.05, 3.63) is 16.1 Å². The van der Waals surface area contributed by atoms with Crippen molar-refractivity contribution in [2.24, 2.45) is 0 Å². The molecular weight excluding hydrogens is 220 g/mol. The third-order valence-electron chi connectivity index (χ3n) is 3.05. The van der Waals surface area contributed by atoms with Gasteiger partial charge in [0, 0.05) is 24.5 Å². The van der Waals surface area contributed by atoms with E-state index >= 15 is 0 Å². The van der Waals surface area contributed by atoms with Crippen molar-refractivity contribution in [2.45, 2.75) is 45.6 Å². The highest BCUT2D eigenvalue weighted by molar-refractivity contribution is 7.11. The van der Waals surface area contributed by atoms with E-state index in [2.05, 4.69) is 18.8 Å². The lowest BCUT2D eigenvalue weighted by atomic mass is 10.2. The molecule has 1 atom stereocenters. The van der Waals surface area contributed by atoms with Gasteiger partial charge in [0.1, 0.15) is 5.01 Å². The van der Waals surface area contributed by atoms with Gasteiger partial charge in [-0.05, 0) is 18.8 Å². The van der Waals surface area contributed by atoms with E-state index in [9.17, 15) is 4.79 Å². The molecule has 1 fully saturated rings. The number of carbonyl (C=O) groups is 1. The number of carbonyl (C=O) groups excluding carboxylic acids is 1. The molecule has 1 amide bonds. The highest BCUT2D eigenvalue weighted by Crippen LogP contribution is 2.35. The molecule has 2 heterocycles. The monoisotopic (exact) mass is 238 g/mol. The van der Waals surface area contributed by atoms with Crippen LogP contribution in [0.3, 0.4) is 0 Å². The Labute approximate surface area is 100 Å². The summed E-state index contributed by atoms with van der Waals surface area (Å²) in [6, 6.07) is 0.231. The molecule has 1 aliphatic rings. The first kappa shape index (κ1) is 11.6. The molecule has 88 valence electrons. The van der Waals surface area contributed by atoms with Crippen LogP contribution in [0.5, 0.6) is 0 Å². The molecule has 0 radical (unpaired) electrons. The van der Waals surface area contributed by atoms with Gasteiger partial charge >= 0.3 is 0 Å². The third-order valence-corrected chi connectivity index (χ3v) is 4.45. The topological polar surface area (TPSA) is 33.2 Å². The average Bonchev–Trinajstić information content (AvgIpc) is 2.86. The molecule has 0 bridgehead atoms. The molecule has 16 heavy (non-hydrogen) atoms. The van der Waals surface area contributed by atoms with Crippen LogP contribution in [0.4, 0.5) is 0 Å². The first-order valence-electron chi connectivity index (χ1n) is 5.82. The predicted octanol–water partition coefficient (Wildman–Crippen LogP) is 2.95. The van der Waals surface area contributed by atoms with Crippen LogP contribution in [0.25, 0.3) is 0 Å². The van der Waals surface area contributed by atoms with Gasteiger partial charge in [0.15, 0.2) is 0 Å². The van der Waals surface area contributed by atoms with Crippen molar-refractivity contribution in [1.82, 2.24) is 9.88 Å². The average molecular weight is 238 g/mol. The highest BCUT2D eigenvalue weighted by atomic mass is 32.1. The van der Waals surface area contributed by atoms with Crippen LogP contribution in [0, 0.1) is 0 Å². The summed E-state index contributed by atoms with van der Waals surface area (Å²) in [5, 5.41) is 1.11. The predicted molar refractivity (Wildman–Crippen MR) is 65.6 cm³/mol. The standard InChI is InChI=1S/C12H18N2OS/c1-8(2)11-7-13-12(16-11)10-5-4-6-14(10)9(3)15/h7-8,10H,4-6H2,1-3H3. The first-order chi connectivity index (χ1) is 7.59. The maximum absolute atomic E-state index is 11.5. The van der Waals surface area contributed by atoms with Crippen molar-refractivity contribution < 1.29 is 4.79 Å². The van der Waals surface area contributed by atoms with Gasteiger partial charge < -0.3 is 4.90 Å². The molecule has 0 N–H and O–H groups in total. The maximum atomic E-state index is 11.5. The molecule has 0 aliphatic carbocycles. The second kappa shape index (κ2) is 4.53. The minimum absolute atomic E-state index is 0.170. The summed E-state index contributed by atoms with van der Waals surface area (Å²) in [4.78, 5) is 19.2. The maximum Gasteiger partial charge on any atom is 0.220 e. The van der Waals surface area contributed by atoms with Crippen LogP contribution in [0.15, 0.2) is 6.20 Å². The third kappa shape index (κ3) is 2.12. The largest absolute Gasteiger partial charge is 0.333 e. The van der Waals surface area contributed by atoms with E-state index in [0.717, 1.165) is 24.4 Å². The number of hydrogen-bond acceptors (Lipinski definition) is 3. The van der Waals surface area contributed by atoms with Gasteiger partial charge in [-0.15, -0.1) is 11.3 Å². The van der Waals surface area contributed by atoms with Gasteiger partial charge in [-0.2, -0.15) is 0 Å². The van der Waals surface area contributed by atoms with Gasteiger partial charge in [0.2, 0.25) is 5.91 Å². The molecule has 1 saturated heterocycles. The van der Waals surface area contributed by atoms with Gasteiger partial charge in [-0.3, -0.25) is 4.79 Å². The molecule has 0 saturated carbocycles. The first-order valence-corrected chi connectivity index (χ1v) is 6.64. The number of nitrogens with zero attached hydrogens (tertiary/aromatic N) is 2. The summed E-state index contributed by atoms with van der Waals surface area (Å²) >= 11 is 1.75. The Bertz CT molecular complexity index is 386. The second-order valence-corrected chi connectivity index (χ2v) is 5.72. The molecule has 2 rings (SSSR count). The van der Waals surface area contributed by atoms with Crippen molar-refractivity contribution in [2.75, 3.05) is 6.54 Å². The van der Waals surface area contributed by atoms with Crippen LogP contribution in [0.2, 0.25) is 0 Å². The van der Waals surface area contributed by atoms with Crippen LogP contribution in [0.1, 0.15) is 55.5 Å². The van der Waals surface area contributed by atoms with Crippen molar-refractivity contribution in [3.8, 4) is 0 Å². The van der Waals surface area contributed by atoms with Crippen LogP contribution >= 0.6 is 11.3 Å². The summed E-state index contributed by atoms with van der Waals surface area (Å²) < 4.78 is 0. The summed E-state index contributed by atoms with van der Waals surface area (Å²) in [6.45, 7) is 6.88. The fraction of sp³-hybridized carbons (Fsp3) is 0.667. The molecule has 0 spiro atoms. The van der Waals surface area contributed by atoms with E-state index in [4.69, 9.17) is 0 Å². The zero-order valence-electron chi connectivity index (χ0n) is 10.1. The smallest absolute Gasteiger partial charge is 0.220 e. The summed E-state index contributed by atoms with van der Waals surface area (Å²) in [7, 11) is 0. The Hall–Kier alpha value is -0.900. The van der Waals surface area contributed by atoms with E-state index in [1.165, 1.54) is 4.88 Å². The Balaban J connectivity index is 2.19. The fourth-order valence-electron chi connectivity index (χ4n) is 2.12. The normalized spacial score (nSPS) is 20.8. The molecular formula is C12H18N2OS. The zero-order chi connectivity index (χ0) is 11.7. The molecule has 1 aromatic rings. The minimum Gasteiger partial charge on any atom is -0.333 e. The van der Waals surface area contributed by atoms with Gasteiger partial charge in [0.25, 0.3) is 0 Å². The Morgan fingerprint density at radius 2 is 2.38 bits per heavy atom. The van der Waals surface area contributed by atoms with Crippen molar-refractivity contribution in [3.63, 3.8) is 0 Å². The summed E-state index contributed by atoms with van der Waals surface area (Å²) in [5.41, 5.74) is 0. The van der Waals surface area contributed by atoms with Crippen LogP contribution < -0.4 is 0 Å². The summed E-state index contributed by atoms with van der Waals surface area (Å²) in [6.07, 6.45) is 4.12. The second-order valence-electron chi connectivity index (χ2n) is 4.63. The molecule has 1 aromatic heterocycles. The number of amides is 1. The lowest BCUT2D eigenvalue weighted by molar-refractivity contribution is -0.129. The van der Waals surface area contributed by atoms with Gasteiger partial charge in [-0.1, -0.05) is 13.8 Å². The quantitative estimate of drug-likeness (QED) is 0.793. The van der Waals surface area contributed by atoms with E-state index < -0.39 is 0 Å².